The number of aryl methyl sites for hydroxylation is 2. The standard InChI is InChI=1S/C22H25N3O3S/c1-12-8-13(2)10-15(9-12)24-22-25-18-19(27)17(26)11-16(20(18)29-22)21(28)23-14-6-4-3-5-7-14/h3-10,16-20,26-27H,11H2,1-2H3,(H,23,28)(H,24,25)/t16-,17+,18+,19-,20+/m0/s1. The molecule has 1 heterocycles. The normalized spacial score (nSPS) is 28.4. The number of aliphatic hydroxyl groups excluding tert-OH is 2. The molecule has 0 saturated heterocycles. The molecule has 0 spiro atoms. The van der Waals surface area contributed by atoms with Gasteiger partial charge in [0.15, 0.2) is 5.17 Å². The molecule has 6 nitrogen and oxygen atoms in total. The summed E-state index contributed by atoms with van der Waals surface area (Å²) in [5.41, 5.74) is 3.92. The molecule has 7 heteroatoms. The smallest absolute Gasteiger partial charge is 0.228 e. The van der Waals surface area contributed by atoms with E-state index in [2.05, 4.69) is 21.7 Å². The highest BCUT2D eigenvalue weighted by Crippen LogP contribution is 2.41. The van der Waals surface area contributed by atoms with E-state index < -0.39 is 24.2 Å². The average Bonchev–Trinajstić information content (AvgIpc) is 3.08. The number of anilines is 2. The molecule has 0 aromatic heterocycles. The SMILES string of the molecule is Cc1cc(C)cc(NC2=N[C@@H]3[C@@H](O)[C@H](O)C[C@H](C(=O)Nc4ccccc4)[C@H]3S2)c1. The number of nitrogens with one attached hydrogen (secondary N) is 2. The summed E-state index contributed by atoms with van der Waals surface area (Å²) in [6, 6.07) is 14.9. The van der Waals surface area contributed by atoms with Crippen molar-refractivity contribution in [1.29, 1.82) is 0 Å². The Hall–Kier alpha value is -2.35. The summed E-state index contributed by atoms with van der Waals surface area (Å²) in [6.07, 6.45) is -1.75. The fraction of sp³-hybridized carbons (Fsp3) is 0.364. The number of rotatable bonds is 3. The molecule has 0 unspecified atom stereocenters. The third-order valence-electron chi connectivity index (χ3n) is 5.34. The molecule has 29 heavy (non-hydrogen) atoms. The molecular formula is C22H25N3O3S. The molecule has 152 valence electrons. The maximum Gasteiger partial charge on any atom is 0.228 e. The number of amidine groups is 1. The molecule has 5 atom stereocenters. The van der Waals surface area contributed by atoms with E-state index in [1.54, 1.807) is 0 Å². The number of fused-ring (bicyclic) bond motifs is 1. The van der Waals surface area contributed by atoms with Crippen molar-refractivity contribution < 1.29 is 15.0 Å². The van der Waals surface area contributed by atoms with Gasteiger partial charge in [0.05, 0.1) is 18.1 Å². The molecule has 1 aliphatic heterocycles. The minimum Gasteiger partial charge on any atom is -0.390 e. The number of para-hydroxylation sites is 1. The summed E-state index contributed by atoms with van der Waals surface area (Å²) in [5.74, 6) is -0.613. The first-order valence-corrected chi connectivity index (χ1v) is 10.6. The first-order chi connectivity index (χ1) is 13.9. The van der Waals surface area contributed by atoms with Crippen LogP contribution in [0, 0.1) is 19.8 Å². The lowest BCUT2D eigenvalue weighted by atomic mass is 9.81. The van der Waals surface area contributed by atoms with Crippen molar-refractivity contribution in [2.75, 3.05) is 10.6 Å². The predicted molar refractivity (Wildman–Crippen MR) is 117 cm³/mol. The Morgan fingerprint density at radius 2 is 1.76 bits per heavy atom. The van der Waals surface area contributed by atoms with Gasteiger partial charge >= 0.3 is 0 Å². The maximum atomic E-state index is 12.9. The summed E-state index contributed by atoms with van der Waals surface area (Å²) in [5, 5.41) is 27.5. The summed E-state index contributed by atoms with van der Waals surface area (Å²) >= 11 is 1.46. The van der Waals surface area contributed by atoms with Gasteiger partial charge in [0.2, 0.25) is 5.91 Å². The molecule has 4 rings (SSSR count). The van der Waals surface area contributed by atoms with Crippen LogP contribution in [0.3, 0.4) is 0 Å². The predicted octanol–water partition coefficient (Wildman–Crippen LogP) is 2.94. The van der Waals surface area contributed by atoms with Crippen LogP contribution in [0.5, 0.6) is 0 Å². The number of thioether (sulfide) groups is 1. The lowest BCUT2D eigenvalue weighted by Crippen LogP contribution is -2.52. The van der Waals surface area contributed by atoms with E-state index in [1.165, 1.54) is 11.8 Å². The Bertz CT molecular complexity index is 914. The van der Waals surface area contributed by atoms with Crippen LogP contribution < -0.4 is 10.6 Å². The Kier molecular flexibility index (Phi) is 5.63. The van der Waals surface area contributed by atoms with Crippen LogP contribution in [0.2, 0.25) is 0 Å². The van der Waals surface area contributed by atoms with E-state index in [-0.39, 0.29) is 17.6 Å². The van der Waals surface area contributed by atoms with Gasteiger partial charge in [-0.05, 0) is 55.7 Å². The minimum absolute atomic E-state index is 0.160. The molecule has 1 saturated carbocycles. The van der Waals surface area contributed by atoms with Crippen molar-refractivity contribution in [3.8, 4) is 0 Å². The number of aliphatic hydroxyl groups is 2. The second-order valence-corrected chi connectivity index (χ2v) is 8.93. The Balaban J connectivity index is 1.52. The quantitative estimate of drug-likeness (QED) is 0.623. The van der Waals surface area contributed by atoms with Gasteiger partial charge in [0.1, 0.15) is 6.10 Å². The molecule has 2 aliphatic rings. The lowest BCUT2D eigenvalue weighted by molar-refractivity contribution is -0.124. The van der Waals surface area contributed by atoms with Crippen LogP contribution in [0.25, 0.3) is 0 Å². The van der Waals surface area contributed by atoms with E-state index >= 15 is 0 Å². The van der Waals surface area contributed by atoms with Gasteiger partial charge in [-0.3, -0.25) is 9.79 Å². The number of aliphatic imine (C=N–C) groups is 1. The topological polar surface area (TPSA) is 94.0 Å². The fourth-order valence-electron chi connectivity index (χ4n) is 4.03. The Labute approximate surface area is 174 Å². The minimum atomic E-state index is -0.980. The van der Waals surface area contributed by atoms with E-state index in [0.29, 0.717) is 10.9 Å². The number of benzene rings is 2. The van der Waals surface area contributed by atoms with Gasteiger partial charge in [-0.2, -0.15) is 0 Å². The number of hydrogen-bond donors (Lipinski definition) is 4. The van der Waals surface area contributed by atoms with Gasteiger partial charge in [-0.25, -0.2) is 0 Å². The number of carbonyl (C=O) groups is 1. The molecule has 1 aliphatic carbocycles. The highest BCUT2D eigenvalue weighted by molar-refractivity contribution is 8.15. The van der Waals surface area contributed by atoms with Gasteiger partial charge in [0.25, 0.3) is 0 Å². The van der Waals surface area contributed by atoms with Gasteiger partial charge < -0.3 is 20.8 Å². The van der Waals surface area contributed by atoms with Crippen molar-refractivity contribution in [1.82, 2.24) is 0 Å². The third-order valence-corrected chi connectivity index (χ3v) is 6.65. The van der Waals surface area contributed by atoms with E-state index in [1.807, 2.05) is 56.3 Å². The summed E-state index contributed by atoms with van der Waals surface area (Å²) in [4.78, 5) is 17.5. The van der Waals surface area contributed by atoms with Crippen LogP contribution in [-0.2, 0) is 4.79 Å². The zero-order valence-electron chi connectivity index (χ0n) is 16.4. The van der Waals surface area contributed by atoms with E-state index in [0.717, 1.165) is 16.8 Å². The zero-order chi connectivity index (χ0) is 20.5. The monoisotopic (exact) mass is 411 g/mol. The number of carbonyl (C=O) groups excluding carboxylic acids is 1. The van der Waals surface area contributed by atoms with Crippen LogP contribution in [-0.4, -0.2) is 44.8 Å². The van der Waals surface area contributed by atoms with Gasteiger partial charge in [-0.15, -0.1) is 0 Å². The molecule has 1 fully saturated rings. The lowest BCUT2D eigenvalue weighted by Gasteiger charge is -2.37. The average molecular weight is 412 g/mol. The van der Waals surface area contributed by atoms with Crippen molar-refractivity contribution in [2.24, 2.45) is 10.9 Å². The Morgan fingerprint density at radius 3 is 2.45 bits per heavy atom. The van der Waals surface area contributed by atoms with E-state index in [9.17, 15) is 15.0 Å². The fourth-order valence-corrected chi connectivity index (χ4v) is 5.41. The van der Waals surface area contributed by atoms with Gasteiger partial charge in [-0.1, -0.05) is 36.0 Å². The van der Waals surface area contributed by atoms with Gasteiger partial charge in [0, 0.05) is 16.6 Å². The first kappa shape index (κ1) is 19.9. The largest absolute Gasteiger partial charge is 0.390 e. The van der Waals surface area contributed by atoms with Crippen molar-refractivity contribution in [3.63, 3.8) is 0 Å². The highest BCUT2D eigenvalue weighted by Gasteiger charge is 2.50. The molecular weight excluding hydrogens is 386 g/mol. The van der Waals surface area contributed by atoms with Crippen LogP contribution in [0.1, 0.15) is 17.5 Å². The van der Waals surface area contributed by atoms with Crippen LogP contribution in [0.15, 0.2) is 53.5 Å². The first-order valence-electron chi connectivity index (χ1n) is 9.72. The second-order valence-electron chi connectivity index (χ2n) is 7.76. The maximum absolute atomic E-state index is 12.9. The highest BCUT2D eigenvalue weighted by atomic mass is 32.2. The number of amides is 1. The Morgan fingerprint density at radius 1 is 1.07 bits per heavy atom. The zero-order valence-corrected chi connectivity index (χ0v) is 17.2. The van der Waals surface area contributed by atoms with Crippen molar-refractivity contribution in [2.45, 2.75) is 43.8 Å². The molecule has 0 radical (unpaired) electrons. The number of nitrogens with zero attached hydrogens (tertiary/aromatic N) is 1. The molecule has 0 bridgehead atoms. The summed E-state index contributed by atoms with van der Waals surface area (Å²) in [6.45, 7) is 4.07. The van der Waals surface area contributed by atoms with Crippen molar-refractivity contribution in [3.05, 3.63) is 59.7 Å². The van der Waals surface area contributed by atoms with E-state index in [4.69, 9.17) is 0 Å². The molecule has 4 N–H and O–H groups in total. The van der Waals surface area contributed by atoms with Crippen molar-refractivity contribution >= 4 is 34.2 Å². The van der Waals surface area contributed by atoms with Crippen LogP contribution >= 0.6 is 11.8 Å². The summed E-state index contributed by atoms with van der Waals surface area (Å²) in [7, 11) is 0. The summed E-state index contributed by atoms with van der Waals surface area (Å²) < 4.78 is 0. The van der Waals surface area contributed by atoms with Crippen LogP contribution in [0.4, 0.5) is 11.4 Å². The second kappa shape index (κ2) is 8.18. The molecule has 2 aromatic carbocycles. The number of hydrogen-bond acceptors (Lipinski definition) is 6. The molecule has 2 aromatic rings. The third kappa shape index (κ3) is 4.32. The molecule has 1 amide bonds.